The van der Waals surface area contributed by atoms with E-state index in [1.807, 2.05) is 6.92 Å². The molecular weight excluding hydrogens is 170 g/mol. The van der Waals surface area contributed by atoms with Gasteiger partial charge in [-0.3, -0.25) is 0 Å². The van der Waals surface area contributed by atoms with Crippen LogP contribution >= 0.6 is 0 Å². The Morgan fingerprint density at radius 3 is 2.62 bits per heavy atom. The number of hydrogen-bond acceptors (Lipinski definition) is 3. The van der Waals surface area contributed by atoms with Crippen molar-refractivity contribution in [2.24, 2.45) is 0 Å². The van der Waals surface area contributed by atoms with Crippen molar-refractivity contribution in [1.29, 1.82) is 0 Å². The molecule has 4 heteroatoms. The average Bonchev–Trinajstić information content (AvgIpc) is 2.13. The van der Waals surface area contributed by atoms with Crippen molar-refractivity contribution in [3.63, 3.8) is 0 Å². The first-order valence-electron chi connectivity index (χ1n) is 4.16. The van der Waals surface area contributed by atoms with Gasteiger partial charge in [0.15, 0.2) is 11.9 Å². The van der Waals surface area contributed by atoms with Crippen molar-refractivity contribution in [3.8, 4) is 5.75 Å². The summed E-state index contributed by atoms with van der Waals surface area (Å²) < 4.78 is 0.618. The molecule has 0 unspecified atom stereocenters. The van der Waals surface area contributed by atoms with Crippen LogP contribution in [0.4, 0.5) is 0 Å². The molecule has 1 rings (SSSR count). The highest BCUT2D eigenvalue weighted by Crippen LogP contribution is 2.22. The van der Waals surface area contributed by atoms with E-state index in [0.29, 0.717) is 22.3 Å². The van der Waals surface area contributed by atoms with Crippen LogP contribution in [0.3, 0.4) is 0 Å². The zero-order chi connectivity index (χ0) is 10.0. The van der Waals surface area contributed by atoms with E-state index >= 15 is 0 Å². The molecule has 2 N–H and O–H groups in total. The number of pyridine rings is 1. The Morgan fingerprint density at radius 1 is 1.54 bits per heavy atom. The second-order valence-electron chi connectivity index (χ2n) is 2.90. The van der Waals surface area contributed by atoms with Gasteiger partial charge in [-0.2, -0.15) is 4.73 Å². The van der Waals surface area contributed by atoms with Gasteiger partial charge in [0, 0.05) is 18.1 Å². The second-order valence-corrected chi connectivity index (χ2v) is 2.90. The van der Waals surface area contributed by atoms with Crippen molar-refractivity contribution >= 4 is 0 Å². The molecule has 0 amide bonds. The minimum absolute atomic E-state index is 0.100. The number of nitrogens with zero attached hydrogens (tertiary/aromatic N) is 1. The quantitative estimate of drug-likeness (QED) is 0.514. The summed E-state index contributed by atoms with van der Waals surface area (Å²) in [7, 11) is 0. The molecule has 0 spiro atoms. The third kappa shape index (κ3) is 1.58. The van der Waals surface area contributed by atoms with E-state index in [2.05, 4.69) is 0 Å². The number of aliphatic hydroxyl groups excluding tert-OH is 1. The number of aliphatic hydroxyl groups is 1. The van der Waals surface area contributed by atoms with E-state index < -0.39 is 0 Å². The summed E-state index contributed by atoms with van der Waals surface area (Å²) in [4.78, 5) is 0. The van der Waals surface area contributed by atoms with Gasteiger partial charge in [0.05, 0.1) is 6.61 Å². The summed E-state index contributed by atoms with van der Waals surface area (Å²) in [6, 6.07) is 0. The molecular formula is C9H13NO3. The third-order valence-corrected chi connectivity index (χ3v) is 2.16. The first-order valence-corrected chi connectivity index (χ1v) is 4.16. The molecule has 0 aromatic carbocycles. The lowest BCUT2D eigenvalue weighted by Crippen LogP contribution is -2.31. The van der Waals surface area contributed by atoms with E-state index in [9.17, 15) is 10.3 Å². The Balaban J connectivity index is 3.39. The molecule has 1 aromatic heterocycles. The first-order chi connectivity index (χ1) is 6.11. The predicted molar refractivity (Wildman–Crippen MR) is 47.1 cm³/mol. The highest BCUT2D eigenvalue weighted by atomic mass is 16.5. The van der Waals surface area contributed by atoms with Gasteiger partial charge in [-0.15, -0.1) is 0 Å². The fraction of sp³-hybridized carbons (Fsp3) is 0.444. The Bertz CT molecular complexity index is 323. The Kier molecular flexibility index (Phi) is 2.72. The van der Waals surface area contributed by atoms with E-state index in [1.165, 1.54) is 13.1 Å². The van der Waals surface area contributed by atoms with E-state index in [1.54, 1.807) is 0 Å². The summed E-state index contributed by atoms with van der Waals surface area (Å²) in [6.45, 7) is 3.14. The fourth-order valence-electron chi connectivity index (χ4n) is 1.27. The number of hydrogen-bond donors (Lipinski definition) is 2. The van der Waals surface area contributed by atoms with Crippen LogP contribution in [0.5, 0.6) is 5.75 Å². The van der Waals surface area contributed by atoms with Crippen LogP contribution in [0.1, 0.15) is 23.7 Å². The van der Waals surface area contributed by atoms with Crippen LogP contribution in [0.2, 0.25) is 0 Å². The lowest BCUT2D eigenvalue weighted by molar-refractivity contribution is -0.613. The third-order valence-electron chi connectivity index (χ3n) is 2.16. The summed E-state index contributed by atoms with van der Waals surface area (Å²) in [5.41, 5.74) is 1.36. The standard InChI is InChI=1S/C9H13NO3/c1-3-7-4-10(13)6(2)9(12)8(7)5-11/h4,11-12H,3,5H2,1-2H3. The Hall–Kier alpha value is -1.29. The normalized spacial score (nSPS) is 10.4. The average molecular weight is 183 g/mol. The van der Waals surface area contributed by atoms with Crippen LogP contribution in [0.25, 0.3) is 0 Å². The minimum atomic E-state index is -0.239. The predicted octanol–water partition coefficient (Wildman–Crippen LogP) is 0.389. The van der Waals surface area contributed by atoms with Crippen molar-refractivity contribution in [1.82, 2.24) is 0 Å². The van der Waals surface area contributed by atoms with Gasteiger partial charge in [0.25, 0.3) is 0 Å². The zero-order valence-electron chi connectivity index (χ0n) is 7.74. The van der Waals surface area contributed by atoms with Gasteiger partial charge < -0.3 is 15.4 Å². The lowest BCUT2D eigenvalue weighted by Gasteiger charge is -2.09. The molecule has 4 nitrogen and oxygen atoms in total. The maximum atomic E-state index is 11.2. The zero-order valence-corrected chi connectivity index (χ0v) is 7.74. The molecule has 1 aromatic rings. The highest BCUT2D eigenvalue weighted by Gasteiger charge is 2.16. The SMILES string of the molecule is CCc1c[n+]([O-])c(C)c(O)c1CO. The van der Waals surface area contributed by atoms with Crippen molar-refractivity contribution in [2.45, 2.75) is 26.9 Å². The van der Waals surface area contributed by atoms with Gasteiger partial charge in [0.1, 0.15) is 0 Å². The van der Waals surface area contributed by atoms with E-state index in [-0.39, 0.29) is 18.1 Å². The van der Waals surface area contributed by atoms with E-state index in [0.717, 1.165) is 0 Å². The molecule has 0 bridgehead atoms. The summed E-state index contributed by atoms with van der Waals surface area (Å²) in [5, 5.41) is 29.6. The van der Waals surface area contributed by atoms with Gasteiger partial charge in [-0.25, -0.2) is 0 Å². The first kappa shape index (κ1) is 9.80. The number of aryl methyl sites for hydroxylation is 1. The molecule has 0 aliphatic carbocycles. The van der Waals surface area contributed by atoms with Crippen molar-refractivity contribution in [3.05, 3.63) is 28.2 Å². The molecule has 0 atom stereocenters. The van der Waals surface area contributed by atoms with E-state index in [4.69, 9.17) is 5.11 Å². The van der Waals surface area contributed by atoms with Crippen molar-refractivity contribution in [2.75, 3.05) is 0 Å². The fourth-order valence-corrected chi connectivity index (χ4v) is 1.27. The summed E-state index contributed by atoms with van der Waals surface area (Å²) >= 11 is 0. The summed E-state index contributed by atoms with van der Waals surface area (Å²) in [6.07, 6.45) is 2.01. The number of aromatic nitrogens is 1. The van der Waals surface area contributed by atoms with Gasteiger partial charge in [-0.05, 0) is 6.42 Å². The smallest absolute Gasteiger partial charge is 0.231 e. The monoisotopic (exact) mass is 183 g/mol. The molecule has 0 aliphatic rings. The summed E-state index contributed by atoms with van der Waals surface area (Å²) in [5.74, 6) is -0.100. The number of aromatic hydroxyl groups is 1. The molecule has 13 heavy (non-hydrogen) atoms. The van der Waals surface area contributed by atoms with Crippen LogP contribution < -0.4 is 4.73 Å². The topological polar surface area (TPSA) is 67.4 Å². The van der Waals surface area contributed by atoms with Gasteiger partial charge in [0.2, 0.25) is 5.69 Å². The molecule has 0 aliphatic heterocycles. The molecule has 0 fully saturated rings. The molecule has 0 saturated carbocycles. The maximum absolute atomic E-state index is 11.2. The second kappa shape index (κ2) is 3.62. The van der Waals surface area contributed by atoms with Crippen LogP contribution in [0, 0.1) is 12.1 Å². The maximum Gasteiger partial charge on any atom is 0.231 e. The molecule has 1 heterocycles. The molecule has 72 valence electrons. The highest BCUT2D eigenvalue weighted by molar-refractivity contribution is 5.37. The van der Waals surface area contributed by atoms with Crippen molar-refractivity contribution < 1.29 is 14.9 Å². The molecule has 0 saturated heterocycles. The molecule has 0 radical (unpaired) electrons. The van der Waals surface area contributed by atoms with Crippen LogP contribution in [-0.2, 0) is 13.0 Å². The Labute approximate surface area is 76.7 Å². The lowest BCUT2D eigenvalue weighted by atomic mass is 10.1. The van der Waals surface area contributed by atoms with Crippen LogP contribution in [0.15, 0.2) is 6.20 Å². The Morgan fingerprint density at radius 2 is 2.15 bits per heavy atom. The largest absolute Gasteiger partial charge is 0.618 e. The van der Waals surface area contributed by atoms with Gasteiger partial charge in [-0.1, -0.05) is 6.92 Å². The van der Waals surface area contributed by atoms with Gasteiger partial charge >= 0.3 is 0 Å². The van der Waals surface area contributed by atoms with Crippen LogP contribution in [-0.4, -0.2) is 10.2 Å². The number of rotatable bonds is 2. The minimum Gasteiger partial charge on any atom is -0.618 e.